The zero-order chi connectivity index (χ0) is 16.2. The van der Waals surface area contributed by atoms with E-state index in [0.29, 0.717) is 0 Å². The van der Waals surface area contributed by atoms with E-state index in [1.807, 2.05) is 0 Å². The summed E-state index contributed by atoms with van der Waals surface area (Å²) in [5, 5.41) is 5.28. The highest BCUT2D eigenvalue weighted by Gasteiger charge is 2.13. The molecule has 0 N–H and O–H groups in total. The highest BCUT2D eigenvalue weighted by Crippen LogP contribution is 2.33. The minimum Gasteiger partial charge on any atom is -0.493 e. The molecule has 0 amide bonds. The van der Waals surface area contributed by atoms with Gasteiger partial charge in [0.15, 0.2) is 0 Å². The largest absolute Gasteiger partial charge is 0.493 e. The molecule has 0 spiro atoms. The van der Waals surface area contributed by atoms with Gasteiger partial charge in [0.05, 0.1) is 6.61 Å². The number of benzene rings is 2. The SMILES string of the molecule is C/C=c1/c2cccc3c(OCCCC)ccc(c32)n1CCCC. The molecule has 3 rings (SSSR count). The zero-order valence-corrected chi connectivity index (χ0v) is 14.6. The van der Waals surface area contributed by atoms with Gasteiger partial charge in [-0.3, -0.25) is 0 Å². The Labute approximate surface area is 138 Å². The minimum absolute atomic E-state index is 0.797. The van der Waals surface area contributed by atoms with Crippen molar-refractivity contribution in [3.05, 3.63) is 35.7 Å². The van der Waals surface area contributed by atoms with E-state index in [1.54, 1.807) is 0 Å². The van der Waals surface area contributed by atoms with Gasteiger partial charge in [-0.05, 0) is 31.9 Å². The van der Waals surface area contributed by atoms with E-state index in [9.17, 15) is 0 Å². The summed E-state index contributed by atoms with van der Waals surface area (Å²) in [6.07, 6.45) is 6.93. The first-order valence-electron chi connectivity index (χ1n) is 8.94. The Balaban J connectivity index is 2.19. The van der Waals surface area contributed by atoms with Crippen molar-refractivity contribution in [3.8, 4) is 5.75 Å². The van der Waals surface area contributed by atoms with Gasteiger partial charge < -0.3 is 9.30 Å². The van der Waals surface area contributed by atoms with Gasteiger partial charge in [-0.2, -0.15) is 0 Å². The zero-order valence-electron chi connectivity index (χ0n) is 14.6. The predicted molar refractivity (Wildman–Crippen MR) is 100 cm³/mol. The maximum Gasteiger partial charge on any atom is 0.127 e. The van der Waals surface area contributed by atoms with Gasteiger partial charge in [-0.15, -0.1) is 0 Å². The van der Waals surface area contributed by atoms with Crippen molar-refractivity contribution in [2.75, 3.05) is 6.61 Å². The van der Waals surface area contributed by atoms with Crippen LogP contribution in [0.2, 0.25) is 0 Å². The molecular formula is C21H27NO. The van der Waals surface area contributed by atoms with Gasteiger partial charge >= 0.3 is 0 Å². The Morgan fingerprint density at radius 1 is 1.00 bits per heavy atom. The topological polar surface area (TPSA) is 14.2 Å². The van der Waals surface area contributed by atoms with Gasteiger partial charge in [0.1, 0.15) is 5.75 Å². The maximum absolute atomic E-state index is 6.04. The third-order valence-corrected chi connectivity index (χ3v) is 4.60. The minimum atomic E-state index is 0.797. The molecular weight excluding hydrogens is 282 g/mol. The summed E-state index contributed by atoms with van der Waals surface area (Å²) in [5.74, 6) is 1.02. The average Bonchev–Trinajstić information content (AvgIpc) is 2.89. The number of hydrogen-bond acceptors (Lipinski definition) is 1. The highest BCUT2D eigenvalue weighted by molar-refractivity contribution is 6.12. The molecule has 23 heavy (non-hydrogen) atoms. The van der Waals surface area contributed by atoms with Crippen LogP contribution in [0.5, 0.6) is 5.75 Å². The molecule has 1 heterocycles. The summed E-state index contributed by atoms with van der Waals surface area (Å²) in [7, 11) is 0. The lowest BCUT2D eigenvalue weighted by molar-refractivity contribution is 0.313. The van der Waals surface area contributed by atoms with Crippen molar-refractivity contribution in [2.24, 2.45) is 0 Å². The molecule has 2 aromatic carbocycles. The first kappa shape index (κ1) is 15.9. The molecule has 0 radical (unpaired) electrons. The van der Waals surface area contributed by atoms with Crippen molar-refractivity contribution in [2.45, 2.75) is 53.0 Å². The summed E-state index contributed by atoms with van der Waals surface area (Å²) in [6, 6.07) is 11.0. The third kappa shape index (κ3) is 2.83. The number of aromatic nitrogens is 1. The van der Waals surface area contributed by atoms with E-state index in [4.69, 9.17) is 4.74 Å². The van der Waals surface area contributed by atoms with Gasteiger partial charge in [-0.1, -0.05) is 51.0 Å². The highest BCUT2D eigenvalue weighted by atomic mass is 16.5. The molecule has 0 saturated heterocycles. The maximum atomic E-state index is 6.04. The van der Waals surface area contributed by atoms with Crippen LogP contribution < -0.4 is 10.1 Å². The van der Waals surface area contributed by atoms with Crippen LogP contribution in [-0.4, -0.2) is 11.2 Å². The summed E-state index contributed by atoms with van der Waals surface area (Å²) in [4.78, 5) is 0. The Hall–Kier alpha value is -1.96. The Bertz CT molecular complexity index is 844. The molecule has 2 heteroatoms. The number of rotatable bonds is 7. The van der Waals surface area contributed by atoms with Gasteiger partial charge in [-0.25, -0.2) is 0 Å². The average molecular weight is 309 g/mol. The van der Waals surface area contributed by atoms with Gasteiger partial charge in [0.2, 0.25) is 0 Å². The fourth-order valence-electron chi connectivity index (χ4n) is 3.40. The van der Waals surface area contributed by atoms with Crippen molar-refractivity contribution >= 4 is 27.8 Å². The van der Waals surface area contributed by atoms with Crippen molar-refractivity contribution in [3.63, 3.8) is 0 Å². The first-order valence-corrected chi connectivity index (χ1v) is 8.94. The molecule has 0 aliphatic carbocycles. The molecule has 0 aliphatic rings. The summed E-state index contributed by atoms with van der Waals surface area (Å²) < 4.78 is 8.51. The standard InChI is InChI=1S/C21H27NO/c1-4-7-14-22-18(6-3)16-10-9-11-17-20(23-15-8-5-2)13-12-19(22)21(16)17/h6,9-13H,4-5,7-8,14-15H2,1-3H3/b18-6-. The van der Waals surface area contributed by atoms with Crippen molar-refractivity contribution in [1.29, 1.82) is 0 Å². The normalized spacial score (nSPS) is 12.6. The molecule has 0 fully saturated rings. The molecule has 0 bridgehead atoms. The lowest BCUT2D eigenvalue weighted by Gasteiger charge is -2.10. The van der Waals surface area contributed by atoms with Crippen LogP contribution in [0.1, 0.15) is 46.5 Å². The first-order chi connectivity index (χ1) is 11.3. The molecule has 0 saturated carbocycles. The van der Waals surface area contributed by atoms with Crippen LogP contribution in [0.25, 0.3) is 27.8 Å². The molecule has 122 valence electrons. The summed E-state index contributed by atoms with van der Waals surface area (Å²) in [5.41, 5.74) is 1.33. The number of ether oxygens (including phenoxy) is 1. The van der Waals surface area contributed by atoms with Crippen LogP contribution in [0, 0.1) is 0 Å². The second kappa shape index (κ2) is 7.08. The summed E-state index contributed by atoms with van der Waals surface area (Å²) >= 11 is 0. The lowest BCUT2D eigenvalue weighted by Crippen LogP contribution is -2.15. The quantitative estimate of drug-likeness (QED) is 0.541. The van der Waals surface area contributed by atoms with Crippen LogP contribution in [-0.2, 0) is 6.54 Å². The third-order valence-electron chi connectivity index (χ3n) is 4.60. The van der Waals surface area contributed by atoms with Crippen LogP contribution in [0.3, 0.4) is 0 Å². The monoisotopic (exact) mass is 309 g/mol. The molecule has 0 unspecified atom stereocenters. The fourth-order valence-corrected chi connectivity index (χ4v) is 3.40. The van der Waals surface area contributed by atoms with Gasteiger partial charge in [0.25, 0.3) is 0 Å². The number of aryl methyl sites for hydroxylation is 1. The Morgan fingerprint density at radius 3 is 2.52 bits per heavy atom. The van der Waals surface area contributed by atoms with Gasteiger partial charge in [0, 0.05) is 33.6 Å². The lowest BCUT2D eigenvalue weighted by atomic mass is 10.1. The smallest absolute Gasteiger partial charge is 0.127 e. The molecule has 0 aliphatic heterocycles. The van der Waals surface area contributed by atoms with E-state index < -0.39 is 0 Å². The Kier molecular flexibility index (Phi) is 4.90. The van der Waals surface area contributed by atoms with Crippen molar-refractivity contribution in [1.82, 2.24) is 4.57 Å². The predicted octanol–water partition coefficient (Wildman–Crippen LogP) is 5.29. The molecule has 3 aromatic rings. The van der Waals surface area contributed by atoms with Crippen molar-refractivity contribution < 1.29 is 4.74 Å². The van der Waals surface area contributed by atoms with E-state index in [1.165, 1.54) is 39.9 Å². The molecule has 1 aromatic heterocycles. The fraction of sp³-hybridized carbons (Fsp3) is 0.429. The summed E-state index contributed by atoms with van der Waals surface area (Å²) in [6.45, 7) is 8.46. The second-order valence-corrected chi connectivity index (χ2v) is 6.19. The van der Waals surface area contributed by atoms with E-state index >= 15 is 0 Å². The van der Waals surface area contributed by atoms with Crippen LogP contribution in [0.4, 0.5) is 0 Å². The Morgan fingerprint density at radius 2 is 1.78 bits per heavy atom. The van der Waals surface area contributed by atoms with E-state index in [2.05, 4.69) is 61.7 Å². The number of hydrogen-bond donors (Lipinski definition) is 0. The van der Waals surface area contributed by atoms with Crippen LogP contribution >= 0.6 is 0 Å². The van der Waals surface area contributed by atoms with E-state index in [0.717, 1.165) is 31.7 Å². The van der Waals surface area contributed by atoms with E-state index in [-0.39, 0.29) is 0 Å². The second-order valence-electron chi connectivity index (χ2n) is 6.19. The number of nitrogens with zero attached hydrogens (tertiary/aromatic N) is 1. The number of unbranched alkanes of at least 4 members (excludes halogenated alkanes) is 2. The molecule has 0 atom stereocenters. The van der Waals surface area contributed by atoms with Crippen LogP contribution in [0.15, 0.2) is 30.3 Å². The molecule has 2 nitrogen and oxygen atoms in total.